The van der Waals surface area contributed by atoms with Crippen molar-refractivity contribution in [3.05, 3.63) is 45.3 Å². The van der Waals surface area contributed by atoms with E-state index in [1.54, 1.807) is 22.8 Å². The van der Waals surface area contributed by atoms with Crippen molar-refractivity contribution >= 4 is 34.2 Å². The molecule has 0 aliphatic heterocycles. The summed E-state index contributed by atoms with van der Waals surface area (Å²) in [6, 6.07) is 3.31. The Balaban J connectivity index is 2.81. The largest absolute Gasteiger partial charge is 0.326 e. The zero-order valence-corrected chi connectivity index (χ0v) is 9.27. The van der Waals surface area contributed by atoms with E-state index in [0.717, 1.165) is 5.52 Å². The summed E-state index contributed by atoms with van der Waals surface area (Å²) >= 11 is 11.7. The molecule has 5 heteroatoms. The highest BCUT2D eigenvalue weighted by molar-refractivity contribution is 6.42. The third-order valence-corrected chi connectivity index (χ3v) is 2.85. The molecule has 1 N–H and O–H groups in total. The van der Waals surface area contributed by atoms with Crippen molar-refractivity contribution in [3.63, 3.8) is 0 Å². The molecule has 0 unspecified atom stereocenters. The van der Waals surface area contributed by atoms with Crippen LogP contribution in [0, 0.1) is 0 Å². The van der Waals surface area contributed by atoms with E-state index < -0.39 is 0 Å². The van der Waals surface area contributed by atoms with Crippen molar-refractivity contribution in [1.29, 1.82) is 0 Å². The second-order valence-corrected chi connectivity index (χ2v) is 3.93. The fourth-order valence-corrected chi connectivity index (χ4v) is 1.78. The van der Waals surface area contributed by atoms with Gasteiger partial charge in [-0.25, -0.2) is 4.79 Å². The lowest BCUT2D eigenvalue weighted by atomic mass is 10.3. The highest BCUT2D eigenvalue weighted by Crippen LogP contribution is 2.26. The van der Waals surface area contributed by atoms with Crippen LogP contribution in [-0.4, -0.2) is 9.55 Å². The predicted molar refractivity (Wildman–Crippen MR) is 62.8 cm³/mol. The van der Waals surface area contributed by atoms with Gasteiger partial charge in [0.05, 0.1) is 21.1 Å². The highest BCUT2D eigenvalue weighted by Gasteiger charge is 2.08. The minimum absolute atomic E-state index is 0.191. The molecule has 3 nitrogen and oxygen atoms in total. The van der Waals surface area contributed by atoms with Gasteiger partial charge in [0.1, 0.15) is 0 Å². The first-order chi connectivity index (χ1) is 7.13. The molecule has 0 saturated carbocycles. The fraction of sp³-hybridized carbons (Fsp3) is 0.100. The second kappa shape index (κ2) is 3.76. The number of halogens is 2. The molecule has 0 aliphatic carbocycles. The molecule has 0 spiro atoms. The van der Waals surface area contributed by atoms with Crippen molar-refractivity contribution in [1.82, 2.24) is 9.55 Å². The van der Waals surface area contributed by atoms with E-state index in [9.17, 15) is 4.79 Å². The van der Waals surface area contributed by atoms with Gasteiger partial charge in [-0.15, -0.1) is 6.58 Å². The molecule has 0 bridgehead atoms. The zero-order valence-electron chi connectivity index (χ0n) is 7.76. The van der Waals surface area contributed by atoms with Crippen LogP contribution in [-0.2, 0) is 6.54 Å². The van der Waals surface area contributed by atoms with Crippen molar-refractivity contribution in [2.75, 3.05) is 0 Å². The van der Waals surface area contributed by atoms with Crippen LogP contribution in [0.3, 0.4) is 0 Å². The normalized spacial score (nSPS) is 10.8. The molecule has 0 radical (unpaired) electrons. The Labute approximate surface area is 95.9 Å². The Bertz CT molecular complexity index is 583. The molecular formula is C10H8Cl2N2O. The monoisotopic (exact) mass is 242 g/mol. The number of allylic oxidation sites excluding steroid dienone is 1. The maximum absolute atomic E-state index is 11.5. The molecule has 0 amide bonds. The summed E-state index contributed by atoms with van der Waals surface area (Å²) in [5, 5.41) is 0.858. The molecule has 1 heterocycles. The number of fused-ring (bicyclic) bond motifs is 1. The van der Waals surface area contributed by atoms with Gasteiger partial charge in [-0.05, 0) is 12.1 Å². The summed E-state index contributed by atoms with van der Waals surface area (Å²) in [5.74, 6) is 0. The van der Waals surface area contributed by atoms with E-state index in [-0.39, 0.29) is 5.69 Å². The van der Waals surface area contributed by atoms with Crippen molar-refractivity contribution in [3.8, 4) is 0 Å². The number of nitrogens with one attached hydrogen (secondary N) is 1. The van der Waals surface area contributed by atoms with Crippen LogP contribution in [0.25, 0.3) is 11.0 Å². The van der Waals surface area contributed by atoms with Crippen molar-refractivity contribution in [2.24, 2.45) is 0 Å². The van der Waals surface area contributed by atoms with Crippen molar-refractivity contribution < 1.29 is 0 Å². The van der Waals surface area contributed by atoms with E-state index in [1.165, 1.54) is 0 Å². The number of aromatic amines is 1. The number of benzene rings is 1. The summed E-state index contributed by atoms with van der Waals surface area (Å²) in [6.45, 7) is 4.03. The van der Waals surface area contributed by atoms with Gasteiger partial charge in [0, 0.05) is 6.54 Å². The quantitative estimate of drug-likeness (QED) is 0.809. The van der Waals surface area contributed by atoms with Crippen molar-refractivity contribution in [2.45, 2.75) is 6.54 Å². The Morgan fingerprint density at radius 1 is 1.40 bits per heavy atom. The van der Waals surface area contributed by atoms with Crippen LogP contribution >= 0.6 is 23.2 Å². The number of hydrogen-bond acceptors (Lipinski definition) is 1. The average Bonchev–Trinajstić information content (AvgIpc) is 2.46. The summed E-state index contributed by atoms with van der Waals surface area (Å²) in [7, 11) is 0. The van der Waals surface area contributed by atoms with Crippen LogP contribution in [0.4, 0.5) is 0 Å². The molecule has 15 heavy (non-hydrogen) atoms. The average molecular weight is 243 g/mol. The van der Waals surface area contributed by atoms with Crippen LogP contribution < -0.4 is 5.69 Å². The molecule has 1 aromatic carbocycles. The minimum atomic E-state index is -0.191. The van der Waals surface area contributed by atoms with Gasteiger partial charge >= 0.3 is 5.69 Å². The van der Waals surface area contributed by atoms with Gasteiger partial charge in [-0.3, -0.25) is 4.57 Å². The van der Waals surface area contributed by atoms with E-state index in [2.05, 4.69) is 11.6 Å². The Morgan fingerprint density at radius 3 is 2.73 bits per heavy atom. The number of aromatic nitrogens is 2. The van der Waals surface area contributed by atoms with E-state index >= 15 is 0 Å². The summed E-state index contributed by atoms with van der Waals surface area (Å²) in [6.07, 6.45) is 1.65. The van der Waals surface area contributed by atoms with Gasteiger partial charge in [-0.1, -0.05) is 29.3 Å². The summed E-state index contributed by atoms with van der Waals surface area (Å²) in [5.41, 5.74) is 1.22. The van der Waals surface area contributed by atoms with Crippen LogP contribution in [0.15, 0.2) is 29.6 Å². The van der Waals surface area contributed by atoms with Gasteiger partial charge in [0.15, 0.2) is 0 Å². The Kier molecular flexibility index (Phi) is 2.59. The standard InChI is InChI=1S/C10H8Cl2N2O/c1-2-3-14-9-5-7(12)6(11)4-8(9)13-10(14)15/h2,4-5H,1,3H2,(H,13,15). The zero-order chi connectivity index (χ0) is 11.0. The first kappa shape index (κ1) is 10.3. The smallest absolute Gasteiger partial charge is 0.305 e. The van der Waals surface area contributed by atoms with E-state index in [4.69, 9.17) is 23.2 Å². The molecule has 2 aromatic rings. The fourth-order valence-electron chi connectivity index (χ4n) is 1.46. The second-order valence-electron chi connectivity index (χ2n) is 3.11. The number of nitrogens with zero attached hydrogens (tertiary/aromatic N) is 1. The molecule has 0 saturated heterocycles. The van der Waals surface area contributed by atoms with Gasteiger partial charge < -0.3 is 4.98 Å². The first-order valence-electron chi connectivity index (χ1n) is 4.32. The number of rotatable bonds is 2. The predicted octanol–water partition coefficient (Wildman–Crippen LogP) is 2.82. The van der Waals surface area contributed by atoms with E-state index in [1.807, 2.05) is 0 Å². The Morgan fingerprint density at radius 2 is 2.07 bits per heavy atom. The topological polar surface area (TPSA) is 37.8 Å². The van der Waals surface area contributed by atoms with E-state index in [0.29, 0.717) is 22.1 Å². The van der Waals surface area contributed by atoms with Gasteiger partial charge in [-0.2, -0.15) is 0 Å². The molecule has 1 aromatic heterocycles. The third-order valence-electron chi connectivity index (χ3n) is 2.13. The van der Waals surface area contributed by atoms with Crippen LogP contribution in [0.1, 0.15) is 0 Å². The SMILES string of the molecule is C=CCn1c(=O)[nH]c2cc(Cl)c(Cl)cc21. The van der Waals surface area contributed by atoms with Gasteiger partial charge in [0.2, 0.25) is 0 Å². The first-order valence-corrected chi connectivity index (χ1v) is 5.07. The van der Waals surface area contributed by atoms with Crippen LogP contribution in [0.5, 0.6) is 0 Å². The lowest BCUT2D eigenvalue weighted by Gasteiger charge is -1.99. The number of hydrogen-bond donors (Lipinski definition) is 1. The van der Waals surface area contributed by atoms with Crippen LogP contribution in [0.2, 0.25) is 10.0 Å². The number of H-pyrrole nitrogens is 1. The molecule has 2 rings (SSSR count). The minimum Gasteiger partial charge on any atom is -0.305 e. The molecular weight excluding hydrogens is 235 g/mol. The summed E-state index contributed by atoms with van der Waals surface area (Å²) < 4.78 is 1.55. The molecule has 0 aliphatic rings. The maximum atomic E-state index is 11.5. The lowest BCUT2D eigenvalue weighted by Crippen LogP contribution is -2.15. The van der Waals surface area contributed by atoms with Gasteiger partial charge in [0.25, 0.3) is 0 Å². The molecule has 0 fully saturated rings. The third kappa shape index (κ3) is 1.68. The number of imidazole rings is 1. The lowest BCUT2D eigenvalue weighted by molar-refractivity contribution is 0.809. The highest BCUT2D eigenvalue weighted by atomic mass is 35.5. The Hall–Kier alpha value is -1.19. The molecule has 0 atom stereocenters. The maximum Gasteiger partial charge on any atom is 0.326 e. The molecule has 78 valence electrons. The summed E-state index contributed by atoms with van der Waals surface area (Å²) in [4.78, 5) is 14.2.